The van der Waals surface area contributed by atoms with E-state index in [4.69, 9.17) is 26.3 Å². The van der Waals surface area contributed by atoms with Crippen molar-refractivity contribution < 1.29 is 19.2 Å². The van der Waals surface area contributed by atoms with Gasteiger partial charge in [0, 0.05) is 24.1 Å². The number of benzene rings is 2. The van der Waals surface area contributed by atoms with E-state index >= 15 is 0 Å². The normalized spacial score (nSPS) is 20.4. The fourth-order valence-corrected chi connectivity index (χ4v) is 4.12. The van der Waals surface area contributed by atoms with Gasteiger partial charge in [0.15, 0.2) is 18.0 Å². The minimum atomic E-state index is -0.0692. The first-order valence-electron chi connectivity index (χ1n) is 9.37. The molecule has 1 fully saturated rings. The number of ether oxygens (including phenoxy) is 2. The summed E-state index contributed by atoms with van der Waals surface area (Å²) >= 11 is 6.04. The Bertz CT molecular complexity index is 941. The molecule has 2 N–H and O–H groups in total. The van der Waals surface area contributed by atoms with Gasteiger partial charge in [0.1, 0.15) is 25.3 Å². The van der Waals surface area contributed by atoms with Crippen LogP contribution in [0, 0.1) is 11.3 Å². The summed E-state index contributed by atoms with van der Waals surface area (Å²) in [6.45, 7) is 2.46. The summed E-state index contributed by atoms with van der Waals surface area (Å²) in [6, 6.07) is 13.3. The summed E-state index contributed by atoms with van der Waals surface area (Å²) in [6.07, 6.45) is 2.11. The van der Waals surface area contributed by atoms with Crippen LogP contribution in [0.25, 0.3) is 0 Å². The summed E-state index contributed by atoms with van der Waals surface area (Å²) in [5.41, 5.74) is 2.16. The van der Waals surface area contributed by atoms with Crippen LogP contribution in [0.15, 0.2) is 36.4 Å². The summed E-state index contributed by atoms with van der Waals surface area (Å²) in [7, 11) is 0. The number of quaternary nitrogens is 1. The molecule has 1 unspecified atom stereocenters. The molecule has 6 nitrogen and oxygen atoms in total. The zero-order chi connectivity index (χ0) is 19.5. The maximum Gasteiger partial charge on any atom is 0.279 e. The van der Waals surface area contributed by atoms with Crippen molar-refractivity contribution >= 4 is 23.2 Å². The lowest BCUT2D eigenvalue weighted by molar-refractivity contribution is -0.910. The lowest BCUT2D eigenvalue weighted by atomic mass is 10.0. The van der Waals surface area contributed by atoms with E-state index in [1.54, 1.807) is 18.2 Å². The maximum absolute atomic E-state index is 12.6. The van der Waals surface area contributed by atoms with E-state index in [-0.39, 0.29) is 11.9 Å². The number of nitrogens with one attached hydrogen (secondary N) is 2. The Morgan fingerprint density at radius 1 is 1.21 bits per heavy atom. The summed E-state index contributed by atoms with van der Waals surface area (Å²) in [5, 5.41) is 12.2. The van der Waals surface area contributed by atoms with E-state index in [0.717, 1.165) is 30.9 Å². The Hall–Kier alpha value is -2.75. The average molecular weight is 399 g/mol. The SMILES string of the molecule is N#Cc1ccc(NC(=O)C[NH+]2CCC[C@@H]2c2ccc3c(c2)OCCO3)cc1Cl. The van der Waals surface area contributed by atoms with Crippen LogP contribution in [0.5, 0.6) is 11.5 Å². The van der Waals surface area contributed by atoms with Gasteiger partial charge >= 0.3 is 0 Å². The molecule has 144 valence electrons. The summed E-state index contributed by atoms with van der Waals surface area (Å²) in [4.78, 5) is 13.8. The zero-order valence-corrected chi connectivity index (χ0v) is 16.1. The predicted octanol–water partition coefficient (Wildman–Crippen LogP) is 2.34. The Labute approximate surface area is 168 Å². The zero-order valence-electron chi connectivity index (χ0n) is 15.3. The maximum atomic E-state index is 12.6. The number of fused-ring (bicyclic) bond motifs is 1. The lowest BCUT2D eigenvalue weighted by Gasteiger charge is -2.24. The Morgan fingerprint density at radius 2 is 2.04 bits per heavy atom. The molecule has 2 aromatic carbocycles. The van der Waals surface area contributed by atoms with E-state index < -0.39 is 0 Å². The Kier molecular flexibility index (Phi) is 5.38. The number of amides is 1. The van der Waals surface area contributed by atoms with Crippen LogP contribution in [0.1, 0.15) is 30.0 Å². The summed E-state index contributed by atoms with van der Waals surface area (Å²) in [5.74, 6) is 1.50. The van der Waals surface area contributed by atoms with Crippen LogP contribution >= 0.6 is 11.6 Å². The molecular weight excluding hydrogens is 378 g/mol. The first-order valence-corrected chi connectivity index (χ1v) is 9.75. The fourth-order valence-electron chi connectivity index (χ4n) is 3.90. The van der Waals surface area contributed by atoms with Crippen molar-refractivity contribution in [1.29, 1.82) is 5.26 Å². The minimum Gasteiger partial charge on any atom is -0.486 e. The number of halogens is 1. The largest absolute Gasteiger partial charge is 0.486 e. The molecule has 1 amide bonds. The molecule has 1 saturated heterocycles. The molecule has 0 spiro atoms. The average Bonchev–Trinajstić information content (AvgIpc) is 3.15. The topological polar surface area (TPSA) is 75.8 Å². The van der Waals surface area contributed by atoms with E-state index in [2.05, 4.69) is 11.4 Å². The van der Waals surface area contributed by atoms with Gasteiger partial charge in [0.25, 0.3) is 5.91 Å². The van der Waals surface area contributed by atoms with Gasteiger partial charge in [-0.15, -0.1) is 0 Å². The van der Waals surface area contributed by atoms with Crippen LogP contribution < -0.4 is 19.7 Å². The second-order valence-corrected chi connectivity index (χ2v) is 7.44. The second-order valence-electron chi connectivity index (χ2n) is 7.04. The van der Waals surface area contributed by atoms with Crippen molar-refractivity contribution in [3.63, 3.8) is 0 Å². The van der Waals surface area contributed by atoms with Crippen molar-refractivity contribution in [3.8, 4) is 17.6 Å². The van der Waals surface area contributed by atoms with Gasteiger partial charge in [-0.3, -0.25) is 4.79 Å². The van der Waals surface area contributed by atoms with Crippen molar-refractivity contribution in [2.75, 3.05) is 31.6 Å². The fraction of sp³-hybridized carbons (Fsp3) is 0.333. The highest BCUT2D eigenvalue weighted by atomic mass is 35.5. The Morgan fingerprint density at radius 3 is 2.82 bits per heavy atom. The van der Waals surface area contributed by atoms with E-state index in [1.807, 2.05) is 18.2 Å². The van der Waals surface area contributed by atoms with Gasteiger partial charge in [-0.05, 0) is 36.4 Å². The van der Waals surface area contributed by atoms with Crippen LogP contribution in [0.4, 0.5) is 5.69 Å². The molecule has 4 rings (SSSR count). The quantitative estimate of drug-likeness (QED) is 0.828. The number of nitriles is 1. The molecular formula is C21H21ClN3O3+. The third kappa shape index (κ3) is 3.91. The predicted molar refractivity (Wildman–Crippen MR) is 105 cm³/mol. The van der Waals surface area contributed by atoms with Gasteiger partial charge in [-0.25, -0.2) is 0 Å². The van der Waals surface area contributed by atoms with Crippen LogP contribution in [-0.2, 0) is 4.79 Å². The van der Waals surface area contributed by atoms with Gasteiger partial charge in [0.2, 0.25) is 0 Å². The monoisotopic (exact) mass is 398 g/mol. The van der Waals surface area contributed by atoms with Gasteiger partial charge < -0.3 is 19.7 Å². The number of nitrogens with zero attached hydrogens (tertiary/aromatic N) is 1. The van der Waals surface area contributed by atoms with Crippen LogP contribution in [-0.4, -0.2) is 32.2 Å². The third-order valence-electron chi connectivity index (χ3n) is 5.21. The molecule has 2 aliphatic heterocycles. The number of rotatable bonds is 4. The highest BCUT2D eigenvalue weighted by Crippen LogP contribution is 2.33. The number of anilines is 1. The standard InChI is InChI=1S/C21H20ClN3O3/c22-17-11-16(5-3-15(17)12-23)24-21(26)13-25-7-1-2-18(25)14-4-6-19-20(10-14)28-9-8-27-19/h3-6,10-11,18H,1-2,7-9,13H2,(H,24,26)/p+1/t18-/m1/s1. The Balaban J connectivity index is 1.43. The number of likely N-dealkylation sites (tertiary alicyclic amines) is 1. The second kappa shape index (κ2) is 8.09. The molecule has 2 aliphatic rings. The molecule has 28 heavy (non-hydrogen) atoms. The third-order valence-corrected chi connectivity index (χ3v) is 5.53. The van der Waals surface area contributed by atoms with Gasteiger partial charge in [-0.1, -0.05) is 11.6 Å². The number of hydrogen-bond donors (Lipinski definition) is 2. The molecule has 2 heterocycles. The lowest BCUT2D eigenvalue weighted by Crippen LogP contribution is -3.11. The molecule has 0 aliphatic carbocycles. The van der Waals surface area contributed by atoms with Crippen LogP contribution in [0.3, 0.4) is 0 Å². The molecule has 7 heteroatoms. The van der Waals surface area contributed by atoms with E-state index in [9.17, 15) is 4.79 Å². The molecule has 0 bridgehead atoms. The molecule has 0 aromatic heterocycles. The molecule has 0 radical (unpaired) electrons. The molecule has 2 aromatic rings. The number of carbonyl (C=O) groups is 1. The van der Waals surface area contributed by atoms with Gasteiger partial charge in [0.05, 0.1) is 17.1 Å². The van der Waals surface area contributed by atoms with Crippen molar-refractivity contribution in [1.82, 2.24) is 0 Å². The first kappa shape index (κ1) is 18.6. The highest BCUT2D eigenvalue weighted by molar-refractivity contribution is 6.32. The smallest absolute Gasteiger partial charge is 0.279 e. The highest BCUT2D eigenvalue weighted by Gasteiger charge is 2.32. The van der Waals surface area contributed by atoms with E-state index in [1.165, 1.54) is 10.5 Å². The van der Waals surface area contributed by atoms with Crippen molar-refractivity contribution in [2.45, 2.75) is 18.9 Å². The number of carbonyl (C=O) groups excluding carboxylic acids is 1. The van der Waals surface area contributed by atoms with E-state index in [0.29, 0.717) is 36.0 Å². The minimum absolute atomic E-state index is 0.0692. The first-order chi connectivity index (χ1) is 13.6. The van der Waals surface area contributed by atoms with Crippen molar-refractivity contribution in [3.05, 3.63) is 52.5 Å². The molecule has 0 saturated carbocycles. The number of hydrogen-bond acceptors (Lipinski definition) is 4. The van der Waals surface area contributed by atoms with Gasteiger partial charge in [-0.2, -0.15) is 5.26 Å². The summed E-state index contributed by atoms with van der Waals surface area (Å²) < 4.78 is 11.3. The molecule has 2 atom stereocenters. The van der Waals surface area contributed by atoms with Crippen molar-refractivity contribution in [2.24, 2.45) is 0 Å². The van der Waals surface area contributed by atoms with Crippen LogP contribution in [0.2, 0.25) is 5.02 Å².